The fraction of sp³-hybridized carbons (Fsp3) is 0.261. The molecule has 3 aromatic heterocycles. The van der Waals surface area contributed by atoms with Gasteiger partial charge in [-0.3, -0.25) is 9.59 Å². The first-order chi connectivity index (χ1) is 15.6. The van der Waals surface area contributed by atoms with Gasteiger partial charge in [0.1, 0.15) is 17.5 Å². The third kappa shape index (κ3) is 6.49. The Balaban J connectivity index is 1.54. The predicted molar refractivity (Wildman–Crippen MR) is 126 cm³/mol. The van der Waals surface area contributed by atoms with Gasteiger partial charge in [0.25, 0.3) is 11.8 Å². The summed E-state index contributed by atoms with van der Waals surface area (Å²) in [5, 5.41) is 11.8. The number of rotatable bonds is 10. The summed E-state index contributed by atoms with van der Waals surface area (Å²) in [6.07, 6.45) is 6.58. The van der Waals surface area contributed by atoms with Crippen molar-refractivity contribution >= 4 is 35.0 Å². The molecule has 0 aliphatic rings. The van der Waals surface area contributed by atoms with E-state index in [0.29, 0.717) is 22.8 Å². The van der Waals surface area contributed by atoms with Crippen LogP contribution in [0.1, 0.15) is 47.4 Å². The molecule has 0 radical (unpaired) electrons. The highest BCUT2D eigenvalue weighted by Gasteiger charge is 2.10. The summed E-state index contributed by atoms with van der Waals surface area (Å²) in [5.74, 6) is 0.836. The lowest BCUT2D eigenvalue weighted by atomic mass is 10.2. The van der Waals surface area contributed by atoms with Crippen molar-refractivity contribution in [2.45, 2.75) is 26.7 Å². The van der Waals surface area contributed by atoms with Crippen molar-refractivity contribution in [3.8, 4) is 0 Å². The van der Waals surface area contributed by atoms with E-state index in [1.54, 1.807) is 36.5 Å². The first-order valence-electron chi connectivity index (χ1n) is 10.6. The van der Waals surface area contributed by atoms with E-state index in [4.69, 9.17) is 0 Å². The Bertz CT molecular complexity index is 1020. The maximum absolute atomic E-state index is 12.4. The normalized spacial score (nSPS) is 10.3. The Morgan fingerprint density at radius 2 is 1.16 bits per heavy atom. The number of nitrogens with one attached hydrogen (secondary N) is 4. The smallest absolute Gasteiger partial charge is 0.258 e. The quantitative estimate of drug-likeness (QED) is 0.381. The van der Waals surface area contributed by atoms with Gasteiger partial charge in [-0.1, -0.05) is 13.8 Å². The maximum Gasteiger partial charge on any atom is 0.258 e. The first-order valence-corrected chi connectivity index (χ1v) is 10.6. The van der Waals surface area contributed by atoms with E-state index in [9.17, 15) is 9.59 Å². The molecule has 2 amide bonds. The molecule has 9 heteroatoms. The molecule has 0 saturated heterocycles. The van der Waals surface area contributed by atoms with Crippen LogP contribution >= 0.6 is 0 Å². The third-order valence-corrected chi connectivity index (χ3v) is 4.43. The molecule has 0 aliphatic carbocycles. The van der Waals surface area contributed by atoms with Crippen LogP contribution in [-0.2, 0) is 0 Å². The molecule has 0 fully saturated rings. The summed E-state index contributed by atoms with van der Waals surface area (Å²) in [6, 6.07) is 10.2. The zero-order chi connectivity index (χ0) is 22.8. The number of anilines is 4. The number of amides is 2. The molecule has 3 heterocycles. The Labute approximate surface area is 187 Å². The van der Waals surface area contributed by atoms with Crippen molar-refractivity contribution in [1.82, 2.24) is 15.0 Å². The van der Waals surface area contributed by atoms with Crippen LogP contribution in [0.2, 0.25) is 0 Å². The number of nitrogens with zero attached hydrogens (tertiary/aromatic N) is 3. The second-order valence-electron chi connectivity index (χ2n) is 7.06. The van der Waals surface area contributed by atoms with Gasteiger partial charge < -0.3 is 21.3 Å². The minimum absolute atomic E-state index is 0.329. The molecule has 0 aromatic carbocycles. The number of hydrogen-bond donors (Lipinski definition) is 4. The van der Waals surface area contributed by atoms with Crippen LogP contribution < -0.4 is 21.3 Å². The van der Waals surface area contributed by atoms with Crippen LogP contribution in [-0.4, -0.2) is 39.9 Å². The fourth-order valence-corrected chi connectivity index (χ4v) is 2.71. The summed E-state index contributed by atoms with van der Waals surface area (Å²) in [5.41, 5.74) is 1.67. The van der Waals surface area contributed by atoms with Crippen molar-refractivity contribution in [3.05, 3.63) is 66.1 Å². The average Bonchev–Trinajstić information content (AvgIpc) is 2.83. The molecule has 0 aliphatic heterocycles. The lowest BCUT2D eigenvalue weighted by molar-refractivity contribution is 0.101. The van der Waals surface area contributed by atoms with Crippen LogP contribution in [0.5, 0.6) is 0 Å². The summed E-state index contributed by atoms with van der Waals surface area (Å²) in [6.45, 7) is 5.83. The second-order valence-corrected chi connectivity index (χ2v) is 7.06. The predicted octanol–water partition coefficient (Wildman–Crippen LogP) is 4.02. The van der Waals surface area contributed by atoms with Crippen molar-refractivity contribution < 1.29 is 9.59 Å². The van der Waals surface area contributed by atoms with E-state index >= 15 is 0 Å². The Morgan fingerprint density at radius 3 is 1.62 bits per heavy atom. The van der Waals surface area contributed by atoms with Crippen molar-refractivity contribution in [2.24, 2.45) is 0 Å². The lowest BCUT2D eigenvalue weighted by Crippen LogP contribution is -2.15. The largest absolute Gasteiger partial charge is 0.384 e. The highest BCUT2D eigenvalue weighted by Crippen LogP contribution is 2.13. The number of pyridine rings is 3. The van der Waals surface area contributed by atoms with Crippen molar-refractivity contribution in [3.63, 3.8) is 0 Å². The highest BCUT2D eigenvalue weighted by atomic mass is 16.2. The topological polar surface area (TPSA) is 121 Å². The van der Waals surface area contributed by atoms with E-state index < -0.39 is 0 Å². The molecule has 3 rings (SSSR count). The molecule has 9 nitrogen and oxygen atoms in total. The van der Waals surface area contributed by atoms with Gasteiger partial charge in [0.05, 0.1) is 23.0 Å². The summed E-state index contributed by atoms with van der Waals surface area (Å²) < 4.78 is 0. The molecule has 0 spiro atoms. The average molecular weight is 434 g/mol. The molecule has 0 unspecified atom stereocenters. The fourth-order valence-electron chi connectivity index (χ4n) is 2.71. The summed E-state index contributed by atoms with van der Waals surface area (Å²) >= 11 is 0. The molecule has 0 atom stereocenters. The molecule has 32 heavy (non-hydrogen) atoms. The Kier molecular flexibility index (Phi) is 8.08. The van der Waals surface area contributed by atoms with Gasteiger partial charge in [0.2, 0.25) is 0 Å². The summed E-state index contributed by atoms with van der Waals surface area (Å²) in [7, 11) is 0. The molecular weight excluding hydrogens is 406 g/mol. The van der Waals surface area contributed by atoms with Gasteiger partial charge in [0, 0.05) is 25.5 Å². The minimum Gasteiger partial charge on any atom is -0.384 e. The molecule has 3 aromatic rings. The van der Waals surface area contributed by atoms with Gasteiger partial charge >= 0.3 is 0 Å². The van der Waals surface area contributed by atoms with E-state index in [2.05, 4.69) is 50.1 Å². The zero-order valence-electron chi connectivity index (χ0n) is 18.2. The first kappa shape index (κ1) is 22.7. The van der Waals surface area contributed by atoms with Crippen LogP contribution in [0.25, 0.3) is 0 Å². The lowest BCUT2D eigenvalue weighted by Gasteiger charge is -2.08. The van der Waals surface area contributed by atoms with Crippen molar-refractivity contribution in [2.75, 3.05) is 34.4 Å². The van der Waals surface area contributed by atoms with Gasteiger partial charge in [-0.25, -0.2) is 15.0 Å². The van der Waals surface area contributed by atoms with Crippen LogP contribution in [0.15, 0.2) is 55.0 Å². The molecule has 0 bridgehead atoms. The number of hydrogen-bond acceptors (Lipinski definition) is 7. The van der Waals surface area contributed by atoms with Crippen LogP contribution in [0, 0.1) is 0 Å². The van der Waals surface area contributed by atoms with Crippen LogP contribution in [0.4, 0.5) is 23.1 Å². The number of aromatic nitrogens is 3. The molecule has 0 saturated carbocycles. The number of carbonyl (C=O) groups is 2. The molecule has 166 valence electrons. The maximum atomic E-state index is 12.4. The zero-order valence-corrected chi connectivity index (χ0v) is 18.2. The SMILES string of the molecule is CCCNc1ccc(NC(=O)c2ccc(NC(=O)c3ccc(NCCC)nc3)nc2)nc1. The summed E-state index contributed by atoms with van der Waals surface area (Å²) in [4.78, 5) is 37.4. The van der Waals surface area contributed by atoms with Gasteiger partial charge in [-0.2, -0.15) is 0 Å². The molecular formula is C23H27N7O2. The monoisotopic (exact) mass is 433 g/mol. The Morgan fingerprint density at radius 1 is 0.656 bits per heavy atom. The van der Waals surface area contributed by atoms with Gasteiger partial charge in [-0.15, -0.1) is 0 Å². The highest BCUT2D eigenvalue weighted by molar-refractivity contribution is 6.05. The van der Waals surface area contributed by atoms with Gasteiger partial charge in [0.15, 0.2) is 0 Å². The van der Waals surface area contributed by atoms with Gasteiger partial charge in [-0.05, 0) is 49.2 Å². The third-order valence-electron chi connectivity index (χ3n) is 4.43. The molecule has 4 N–H and O–H groups in total. The minimum atomic E-state index is -0.337. The van der Waals surface area contributed by atoms with Crippen molar-refractivity contribution in [1.29, 1.82) is 0 Å². The number of carbonyl (C=O) groups excluding carboxylic acids is 2. The van der Waals surface area contributed by atoms with E-state index in [1.807, 2.05) is 6.07 Å². The van der Waals surface area contributed by atoms with E-state index in [-0.39, 0.29) is 11.8 Å². The Hall–Kier alpha value is -4.01. The van der Waals surface area contributed by atoms with E-state index in [0.717, 1.165) is 37.4 Å². The second kappa shape index (κ2) is 11.4. The van der Waals surface area contributed by atoms with E-state index in [1.165, 1.54) is 12.4 Å². The standard InChI is InChI=1S/C23H27N7O2/c1-3-11-24-18-7-10-21(28-15-18)30-23(32)17-6-9-20(27-14-17)29-22(31)16-5-8-19(26-13-16)25-12-4-2/h5-10,13-15,24H,3-4,11-12H2,1-2H3,(H,25,26)(H,27,29,31)(H,28,30,32). The van der Waals surface area contributed by atoms with Crippen LogP contribution in [0.3, 0.4) is 0 Å².